The number of nitrogens with zero attached hydrogens (tertiary/aromatic N) is 2. The molecule has 0 aliphatic rings. The summed E-state index contributed by atoms with van der Waals surface area (Å²) in [5.74, 6) is 0.510. The first-order chi connectivity index (χ1) is 11.5. The Morgan fingerprint density at radius 2 is 1.54 bits per heavy atom. The highest BCUT2D eigenvalue weighted by Crippen LogP contribution is 2.34. The molecule has 0 spiro atoms. The minimum absolute atomic E-state index is 0.0575. The van der Waals surface area contributed by atoms with Crippen LogP contribution in [0.5, 0.6) is 5.75 Å². The number of hydrogen-bond acceptors (Lipinski definition) is 5. The molecular formula is C17H14N2O4S. The molecule has 0 aliphatic carbocycles. The second kappa shape index (κ2) is 6.38. The second-order valence-corrected chi connectivity index (χ2v) is 6.34. The van der Waals surface area contributed by atoms with Crippen LogP contribution in [0.4, 0.5) is 11.4 Å². The SMILES string of the molecule is COc1ccccc1/N=N/c1ccc2ccccc2c1S(=O)(=O)O. The van der Waals surface area contributed by atoms with E-state index in [0.29, 0.717) is 22.2 Å². The Morgan fingerprint density at radius 3 is 2.29 bits per heavy atom. The first kappa shape index (κ1) is 16.1. The van der Waals surface area contributed by atoms with Crippen LogP contribution in [0.3, 0.4) is 0 Å². The van der Waals surface area contributed by atoms with E-state index in [9.17, 15) is 13.0 Å². The molecule has 3 aromatic rings. The van der Waals surface area contributed by atoms with Gasteiger partial charge in [0.2, 0.25) is 0 Å². The van der Waals surface area contributed by atoms with Gasteiger partial charge in [0.15, 0.2) is 0 Å². The summed E-state index contributed by atoms with van der Waals surface area (Å²) in [6.07, 6.45) is 0. The molecule has 0 saturated heterocycles. The van der Waals surface area contributed by atoms with Gasteiger partial charge in [-0.25, -0.2) is 0 Å². The highest BCUT2D eigenvalue weighted by atomic mass is 32.2. The standard InChI is InChI=1S/C17H14N2O4S/c1-23-16-9-5-4-8-14(16)18-19-15-11-10-12-6-2-3-7-13(12)17(15)24(20,21)22/h2-11H,1H3,(H,20,21,22)/b19-18+. The monoisotopic (exact) mass is 342 g/mol. The number of azo groups is 1. The third-order valence-electron chi connectivity index (χ3n) is 3.47. The summed E-state index contributed by atoms with van der Waals surface area (Å²) in [6.45, 7) is 0. The summed E-state index contributed by atoms with van der Waals surface area (Å²) in [4.78, 5) is -0.265. The molecule has 3 rings (SSSR count). The van der Waals surface area contributed by atoms with Gasteiger partial charge in [0, 0.05) is 5.39 Å². The molecule has 24 heavy (non-hydrogen) atoms. The van der Waals surface area contributed by atoms with E-state index in [2.05, 4.69) is 10.2 Å². The van der Waals surface area contributed by atoms with Gasteiger partial charge in [0.1, 0.15) is 22.0 Å². The zero-order valence-electron chi connectivity index (χ0n) is 12.7. The first-order valence-corrected chi connectivity index (χ1v) is 8.49. The molecule has 0 fully saturated rings. The average Bonchev–Trinajstić information content (AvgIpc) is 2.58. The number of rotatable bonds is 4. The molecule has 122 valence electrons. The average molecular weight is 342 g/mol. The van der Waals surface area contributed by atoms with Gasteiger partial charge in [-0.1, -0.05) is 42.5 Å². The lowest BCUT2D eigenvalue weighted by Crippen LogP contribution is -1.99. The van der Waals surface area contributed by atoms with Crippen molar-refractivity contribution >= 4 is 32.3 Å². The van der Waals surface area contributed by atoms with Gasteiger partial charge in [-0.05, 0) is 23.6 Å². The maximum Gasteiger partial charge on any atom is 0.297 e. The first-order valence-electron chi connectivity index (χ1n) is 7.05. The normalized spacial score (nSPS) is 11.9. The number of methoxy groups -OCH3 is 1. The third-order valence-corrected chi connectivity index (χ3v) is 4.41. The van der Waals surface area contributed by atoms with Gasteiger partial charge >= 0.3 is 0 Å². The molecule has 0 unspecified atom stereocenters. The fourth-order valence-corrected chi connectivity index (χ4v) is 3.24. The fourth-order valence-electron chi connectivity index (χ4n) is 2.40. The summed E-state index contributed by atoms with van der Waals surface area (Å²) in [7, 11) is -2.96. The largest absolute Gasteiger partial charge is 0.494 e. The molecule has 1 N–H and O–H groups in total. The number of benzene rings is 3. The molecule has 0 amide bonds. The maximum absolute atomic E-state index is 11.8. The van der Waals surface area contributed by atoms with Crippen molar-refractivity contribution in [3.05, 3.63) is 60.7 Å². The minimum atomic E-state index is -4.47. The van der Waals surface area contributed by atoms with E-state index in [-0.39, 0.29) is 10.6 Å². The van der Waals surface area contributed by atoms with Crippen molar-refractivity contribution in [1.29, 1.82) is 0 Å². The van der Waals surface area contributed by atoms with Crippen LogP contribution in [0.25, 0.3) is 10.8 Å². The lowest BCUT2D eigenvalue weighted by atomic mass is 10.1. The van der Waals surface area contributed by atoms with E-state index in [1.165, 1.54) is 13.2 Å². The highest BCUT2D eigenvalue weighted by molar-refractivity contribution is 7.86. The molecule has 0 aliphatic heterocycles. The highest BCUT2D eigenvalue weighted by Gasteiger charge is 2.19. The van der Waals surface area contributed by atoms with Crippen LogP contribution < -0.4 is 4.74 Å². The van der Waals surface area contributed by atoms with Crippen LogP contribution in [0.1, 0.15) is 0 Å². The van der Waals surface area contributed by atoms with Gasteiger partial charge in [0.25, 0.3) is 10.1 Å². The summed E-state index contributed by atoms with van der Waals surface area (Å²) >= 11 is 0. The maximum atomic E-state index is 11.8. The smallest absolute Gasteiger partial charge is 0.297 e. The molecule has 3 aromatic carbocycles. The van der Waals surface area contributed by atoms with Crippen molar-refractivity contribution in [1.82, 2.24) is 0 Å². The van der Waals surface area contributed by atoms with E-state index < -0.39 is 10.1 Å². The van der Waals surface area contributed by atoms with Crippen molar-refractivity contribution in [2.45, 2.75) is 4.90 Å². The topological polar surface area (TPSA) is 88.3 Å². The van der Waals surface area contributed by atoms with E-state index >= 15 is 0 Å². The van der Waals surface area contributed by atoms with Crippen LogP contribution >= 0.6 is 0 Å². The quantitative estimate of drug-likeness (QED) is 0.558. The van der Waals surface area contributed by atoms with E-state index in [4.69, 9.17) is 4.74 Å². The Hall–Kier alpha value is -2.77. The van der Waals surface area contributed by atoms with E-state index in [1.807, 2.05) is 0 Å². The summed E-state index contributed by atoms with van der Waals surface area (Å²) in [6, 6.07) is 17.0. The predicted molar refractivity (Wildman–Crippen MR) is 90.9 cm³/mol. The van der Waals surface area contributed by atoms with Crippen LogP contribution in [-0.2, 0) is 10.1 Å². The summed E-state index contributed by atoms with van der Waals surface area (Å²) < 4.78 is 38.5. The molecular weight excluding hydrogens is 328 g/mol. The molecule has 0 atom stereocenters. The fraction of sp³-hybridized carbons (Fsp3) is 0.0588. The third kappa shape index (κ3) is 3.12. The predicted octanol–water partition coefficient (Wildman–Crippen LogP) is 4.51. The summed E-state index contributed by atoms with van der Waals surface area (Å²) in [5.41, 5.74) is 0.511. The van der Waals surface area contributed by atoms with Crippen molar-refractivity contribution in [3.8, 4) is 5.75 Å². The number of ether oxygens (including phenoxy) is 1. The van der Waals surface area contributed by atoms with Crippen molar-refractivity contribution in [2.75, 3.05) is 7.11 Å². The Balaban J connectivity index is 2.18. The molecule has 7 heteroatoms. The Bertz CT molecular complexity index is 1030. The van der Waals surface area contributed by atoms with E-state index in [0.717, 1.165) is 0 Å². The van der Waals surface area contributed by atoms with Crippen LogP contribution in [0.2, 0.25) is 0 Å². The Labute approximate surface area is 139 Å². The Morgan fingerprint density at radius 1 is 0.875 bits per heavy atom. The van der Waals surface area contributed by atoms with Crippen molar-refractivity contribution in [2.24, 2.45) is 10.2 Å². The molecule has 0 bridgehead atoms. The molecule has 0 heterocycles. The zero-order valence-corrected chi connectivity index (χ0v) is 13.6. The number of hydrogen-bond donors (Lipinski definition) is 1. The lowest BCUT2D eigenvalue weighted by Gasteiger charge is -2.07. The zero-order chi connectivity index (χ0) is 17.2. The molecule has 0 radical (unpaired) electrons. The van der Waals surface area contributed by atoms with Gasteiger partial charge in [-0.3, -0.25) is 4.55 Å². The van der Waals surface area contributed by atoms with Crippen LogP contribution in [0.15, 0.2) is 75.8 Å². The van der Waals surface area contributed by atoms with Gasteiger partial charge in [-0.15, -0.1) is 10.2 Å². The molecule has 0 saturated carbocycles. The van der Waals surface area contributed by atoms with Gasteiger partial charge < -0.3 is 4.74 Å². The van der Waals surface area contributed by atoms with Crippen molar-refractivity contribution in [3.63, 3.8) is 0 Å². The van der Waals surface area contributed by atoms with Crippen LogP contribution in [-0.4, -0.2) is 20.1 Å². The van der Waals surface area contributed by atoms with Gasteiger partial charge in [0.05, 0.1) is 7.11 Å². The van der Waals surface area contributed by atoms with Crippen LogP contribution in [0, 0.1) is 0 Å². The second-order valence-electron chi connectivity index (χ2n) is 4.98. The van der Waals surface area contributed by atoms with Gasteiger partial charge in [-0.2, -0.15) is 8.42 Å². The minimum Gasteiger partial charge on any atom is -0.494 e. The summed E-state index contributed by atoms with van der Waals surface area (Å²) in [5, 5.41) is 9.13. The van der Waals surface area contributed by atoms with E-state index in [1.54, 1.807) is 54.6 Å². The lowest BCUT2D eigenvalue weighted by molar-refractivity contribution is 0.416. The molecule has 6 nitrogen and oxygen atoms in total. The number of fused-ring (bicyclic) bond motifs is 1. The molecule has 0 aromatic heterocycles. The number of para-hydroxylation sites is 1. The Kier molecular flexibility index (Phi) is 4.28. The van der Waals surface area contributed by atoms with Crippen molar-refractivity contribution < 1.29 is 17.7 Å².